The molecule has 0 amide bonds. The van der Waals surface area contributed by atoms with Gasteiger partial charge in [0.25, 0.3) is 0 Å². The summed E-state index contributed by atoms with van der Waals surface area (Å²) in [6, 6.07) is 13.9. The highest BCUT2D eigenvalue weighted by Gasteiger charge is 2.32. The summed E-state index contributed by atoms with van der Waals surface area (Å²) < 4.78 is 2.58. The Bertz CT molecular complexity index is 1080. The maximum Gasteiger partial charge on any atom is 0.0532 e. The third kappa shape index (κ3) is 3.13. The van der Waals surface area contributed by atoms with Crippen molar-refractivity contribution in [3.63, 3.8) is 0 Å². The van der Waals surface area contributed by atoms with Gasteiger partial charge in [-0.2, -0.15) is 0 Å². The van der Waals surface area contributed by atoms with E-state index in [-0.39, 0.29) is 0 Å². The maximum absolute atomic E-state index is 2.58. The zero-order valence-corrected chi connectivity index (χ0v) is 18.0. The van der Waals surface area contributed by atoms with E-state index in [1.165, 1.54) is 50.0 Å². The van der Waals surface area contributed by atoms with Crippen LogP contribution in [0.15, 0.2) is 54.1 Å². The molecule has 144 valence electrons. The standard InChI is InChI=1S/C27H31N/c1-17(2)13-23-16-24(12-11-22-14-18(3)20(5)19(4)15-22)28-26-10-8-7-9-25(26)21(6)27(23)28/h7-15,23-24H,16H2,1-6H3/b12-11+. The maximum atomic E-state index is 2.58. The summed E-state index contributed by atoms with van der Waals surface area (Å²) in [6.45, 7) is 13.3. The van der Waals surface area contributed by atoms with Gasteiger partial charge in [0, 0.05) is 22.5 Å². The summed E-state index contributed by atoms with van der Waals surface area (Å²) in [5.74, 6) is 0.494. The van der Waals surface area contributed by atoms with Gasteiger partial charge in [-0.15, -0.1) is 0 Å². The minimum atomic E-state index is 0.399. The molecule has 1 nitrogen and oxygen atoms in total. The predicted molar refractivity (Wildman–Crippen MR) is 122 cm³/mol. The van der Waals surface area contributed by atoms with Crippen LogP contribution < -0.4 is 0 Å². The van der Waals surface area contributed by atoms with Crippen LogP contribution in [-0.2, 0) is 0 Å². The van der Waals surface area contributed by atoms with Crippen LogP contribution in [-0.4, -0.2) is 4.57 Å². The fourth-order valence-corrected chi connectivity index (χ4v) is 4.84. The van der Waals surface area contributed by atoms with E-state index < -0.39 is 0 Å². The van der Waals surface area contributed by atoms with Crippen LogP contribution in [0.5, 0.6) is 0 Å². The molecule has 0 aliphatic carbocycles. The Morgan fingerprint density at radius 2 is 1.64 bits per heavy atom. The Labute approximate surface area is 169 Å². The van der Waals surface area contributed by atoms with E-state index in [9.17, 15) is 0 Å². The number of hydrogen-bond donors (Lipinski definition) is 0. The zero-order valence-electron chi connectivity index (χ0n) is 18.0. The zero-order chi connectivity index (χ0) is 20.0. The first-order valence-electron chi connectivity index (χ1n) is 10.4. The second kappa shape index (κ2) is 7.13. The number of aryl methyl sites for hydroxylation is 3. The van der Waals surface area contributed by atoms with Crippen molar-refractivity contribution in [1.29, 1.82) is 0 Å². The number of nitrogens with zero attached hydrogens (tertiary/aromatic N) is 1. The van der Waals surface area contributed by atoms with Crippen LogP contribution in [0, 0.1) is 27.7 Å². The van der Waals surface area contributed by atoms with E-state index in [1.807, 2.05) is 0 Å². The fourth-order valence-electron chi connectivity index (χ4n) is 4.84. The van der Waals surface area contributed by atoms with Crippen molar-refractivity contribution in [3.05, 3.63) is 87.6 Å². The number of fused-ring (bicyclic) bond motifs is 3. The lowest BCUT2D eigenvalue weighted by Gasteiger charge is -2.11. The molecule has 1 aromatic heterocycles. The summed E-state index contributed by atoms with van der Waals surface area (Å²) in [6.07, 6.45) is 8.33. The molecule has 2 unspecified atom stereocenters. The molecule has 0 radical (unpaired) electrons. The van der Waals surface area contributed by atoms with Gasteiger partial charge in [0.05, 0.1) is 6.04 Å². The first-order chi connectivity index (χ1) is 13.4. The van der Waals surface area contributed by atoms with Crippen molar-refractivity contribution in [1.82, 2.24) is 4.57 Å². The van der Waals surface area contributed by atoms with Gasteiger partial charge in [0.1, 0.15) is 0 Å². The van der Waals surface area contributed by atoms with Gasteiger partial charge in [-0.3, -0.25) is 0 Å². The molecule has 2 atom stereocenters. The molecule has 0 bridgehead atoms. The molecule has 0 N–H and O–H groups in total. The molecular formula is C27H31N. The van der Waals surface area contributed by atoms with Crippen LogP contribution in [0.2, 0.25) is 0 Å². The van der Waals surface area contributed by atoms with Crippen LogP contribution in [0.1, 0.15) is 65.7 Å². The molecule has 0 spiro atoms. The Kier molecular flexibility index (Phi) is 4.79. The molecule has 1 heteroatoms. The first kappa shape index (κ1) is 18.8. The van der Waals surface area contributed by atoms with Gasteiger partial charge < -0.3 is 4.57 Å². The van der Waals surface area contributed by atoms with Crippen molar-refractivity contribution in [2.75, 3.05) is 0 Å². The second-order valence-electron chi connectivity index (χ2n) is 8.69. The highest BCUT2D eigenvalue weighted by Crippen LogP contribution is 2.45. The fraction of sp³-hybridized carbons (Fsp3) is 0.333. The quantitative estimate of drug-likeness (QED) is 0.419. The van der Waals surface area contributed by atoms with Gasteiger partial charge >= 0.3 is 0 Å². The minimum Gasteiger partial charge on any atom is -0.337 e. The van der Waals surface area contributed by atoms with Crippen molar-refractivity contribution < 1.29 is 0 Å². The number of allylic oxidation sites excluding steroid dienone is 3. The summed E-state index contributed by atoms with van der Waals surface area (Å²) in [7, 11) is 0. The molecule has 2 aromatic carbocycles. The van der Waals surface area contributed by atoms with Crippen LogP contribution in [0.4, 0.5) is 0 Å². The van der Waals surface area contributed by atoms with Crippen molar-refractivity contribution in [2.24, 2.45) is 0 Å². The first-order valence-corrected chi connectivity index (χ1v) is 10.4. The molecule has 4 rings (SSSR count). The summed E-state index contributed by atoms with van der Waals surface area (Å²) >= 11 is 0. The highest BCUT2D eigenvalue weighted by molar-refractivity contribution is 5.86. The number of para-hydroxylation sites is 1. The lowest BCUT2D eigenvalue weighted by atomic mass is 9.95. The van der Waals surface area contributed by atoms with E-state index >= 15 is 0 Å². The minimum absolute atomic E-state index is 0.399. The largest absolute Gasteiger partial charge is 0.337 e. The third-order valence-electron chi connectivity index (χ3n) is 6.38. The Morgan fingerprint density at radius 1 is 0.964 bits per heavy atom. The van der Waals surface area contributed by atoms with Crippen molar-refractivity contribution in [3.8, 4) is 0 Å². The summed E-state index contributed by atoms with van der Waals surface area (Å²) in [5, 5.41) is 1.39. The van der Waals surface area contributed by atoms with Gasteiger partial charge in [-0.1, -0.05) is 54.1 Å². The van der Waals surface area contributed by atoms with Gasteiger partial charge in [-0.25, -0.2) is 0 Å². The van der Waals surface area contributed by atoms with E-state index in [0.29, 0.717) is 12.0 Å². The molecule has 2 heterocycles. The van der Waals surface area contributed by atoms with Crippen LogP contribution in [0.3, 0.4) is 0 Å². The van der Waals surface area contributed by atoms with Gasteiger partial charge in [0.15, 0.2) is 0 Å². The topological polar surface area (TPSA) is 4.93 Å². The SMILES string of the molecule is CC(C)=CC1CC(/C=C/c2cc(C)c(C)c(C)c2)n2c1c(C)c1ccccc12. The molecule has 0 fully saturated rings. The lowest BCUT2D eigenvalue weighted by molar-refractivity contribution is 0.646. The van der Waals surface area contributed by atoms with E-state index in [4.69, 9.17) is 0 Å². The van der Waals surface area contributed by atoms with E-state index in [2.05, 4.69) is 101 Å². The molecule has 0 saturated heterocycles. The molecule has 3 aromatic rings. The second-order valence-corrected chi connectivity index (χ2v) is 8.69. The Balaban J connectivity index is 1.80. The van der Waals surface area contributed by atoms with Crippen molar-refractivity contribution in [2.45, 2.75) is 59.9 Å². The number of aromatic nitrogens is 1. The Hall–Kier alpha value is -2.54. The van der Waals surface area contributed by atoms with Gasteiger partial charge in [0.2, 0.25) is 0 Å². The molecule has 1 aliphatic heterocycles. The normalized spacial score (nSPS) is 18.8. The number of rotatable bonds is 3. The number of hydrogen-bond acceptors (Lipinski definition) is 0. The molecular weight excluding hydrogens is 338 g/mol. The van der Waals surface area contributed by atoms with E-state index in [0.717, 1.165) is 6.42 Å². The highest BCUT2D eigenvalue weighted by atomic mass is 15.1. The monoisotopic (exact) mass is 369 g/mol. The molecule has 0 saturated carbocycles. The van der Waals surface area contributed by atoms with Crippen LogP contribution >= 0.6 is 0 Å². The van der Waals surface area contributed by atoms with Crippen LogP contribution in [0.25, 0.3) is 17.0 Å². The predicted octanol–water partition coefficient (Wildman–Crippen LogP) is 7.58. The lowest BCUT2D eigenvalue weighted by Crippen LogP contribution is -2.00. The third-order valence-corrected chi connectivity index (χ3v) is 6.38. The van der Waals surface area contributed by atoms with E-state index in [1.54, 1.807) is 0 Å². The smallest absolute Gasteiger partial charge is 0.0532 e. The summed E-state index contributed by atoms with van der Waals surface area (Å²) in [4.78, 5) is 0. The number of benzene rings is 2. The molecule has 1 aliphatic rings. The summed E-state index contributed by atoms with van der Waals surface area (Å²) in [5.41, 5.74) is 11.1. The average Bonchev–Trinajstić information content (AvgIpc) is 3.15. The van der Waals surface area contributed by atoms with Gasteiger partial charge in [-0.05, 0) is 81.8 Å². The average molecular weight is 370 g/mol. The Morgan fingerprint density at radius 3 is 2.32 bits per heavy atom. The molecule has 28 heavy (non-hydrogen) atoms. The van der Waals surface area contributed by atoms with Crippen molar-refractivity contribution >= 4 is 17.0 Å².